The summed E-state index contributed by atoms with van der Waals surface area (Å²) in [6.07, 6.45) is 1.40. The van der Waals surface area contributed by atoms with E-state index in [1.807, 2.05) is 0 Å². The van der Waals surface area contributed by atoms with Crippen LogP contribution in [0, 0.1) is 0 Å². The Morgan fingerprint density at radius 3 is 2.92 bits per heavy atom. The van der Waals surface area contributed by atoms with E-state index >= 15 is 0 Å². The molecule has 1 aliphatic rings. The number of carbonyl (C=O) groups is 1. The Bertz CT molecular complexity index is 387. The lowest BCUT2D eigenvalue weighted by atomic mass is 10.0. The Morgan fingerprint density at radius 2 is 2.23 bits per heavy atom. The van der Waals surface area contributed by atoms with E-state index in [-0.39, 0.29) is 11.9 Å². The average Bonchev–Trinajstić information content (AvgIpc) is 2.23. The molecular weight excluding hydrogens is 170 g/mol. The lowest BCUT2D eigenvalue weighted by Crippen LogP contribution is -2.18. The minimum atomic E-state index is -0.691. The Kier molecular flexibility index (Phi) is 1.34. The van der Waals surface area contributed by atoms with Crippen molar-refractivity contribution in [3.63, 3.8) is 0 Å². The number of fused-ring (bicyclic) bond motifs is 1. The first-order valence-electron chi connectivity index (χ1n) is 3.87. The molecule has 0 radical (unpaired) electrons. The van der Waals surface area contributed by atoms with Gasteiger partial charge in [0, 0.05) is 6.20 Å². The van der Waals surface area contributed by atoms with E-state index in [2.05, 4.69) is 9.97 Å². The van der Waals surface area contributed by atoms with Gasteiger partial charge < -0.3 is 10.5 Å². The zero-order chi connectivity index (χ0) is 9.64. The number of hydrogen-bond donors (Lipinski definition) is 1. The summed E-state index contributed by atoms with van der Waals surface area (Å²) in [6, 6.07) is 0. The van der Waals surface area contributed by atoms with Gasteiger partial charge in [-0.3, -0.25) is 0 Å². The van der Waals surface area contributed by atoms with Crippen molar-refractivity contribution in [3.8, 4) is 0 Å². The molecule has 0 spiro atoms. The zero-order valence-electron chi connectivity index (χ0n) is 7.37. The van der Waals surface area contributed by atoms with E-state index in [0.29, 0.717) is 11.3 Å². The van der Waals surface area contributed by atoms with Crippen molar-refractivity contribution in [2.45, 2.75) is 19.4 Å². The molecule has 2 rings (SSSR count). The maximum Gasteiger partial charge on any atom is 0.342 e. The van der Waals surface area contributed by atoms with E-state index in [4.69, 9.17) is 10.5 Å². The Morgan fingerprint density at radius 1 is 1.54 bits per heavy atom. The highest BCUT2D eigenvalue weighted by Crippen LogP contribution is 2.33. The number of ether oxygens (including phenoxy) is 1. The maximum atomic E-state index is 11.2. The Labute approximate surface area is 74.9 Å². The number of esters is 1. The van der Waals surface area contributed by atoms with Crippen LogP contribution in [0.3, 0.4) is 0 Å². The maximum absolute atomic E-state index is 11.2. The molecule has 0 atom stereocenters. The summed E-state index contributed by atoms with van der Waals surface area (Å²) in [5, 5.41) is 0. The molecule has 0 saturated heterocycles. The zero-order valence-corrected chi connectivity index (χ0v) is 7.37. The van der Waals surface area contributed by atoms with Gasteiger partial charge in [-0.1, -0.05) is 0 Å². The molecule has 5 heteroatoms. The van der Waals surface area contributed by atoms with Crippen LogP contribution in [0.5, 0.6) is 0 Å². The minimum absolute atomic E-state index is 0.158. The van der Waals surface area contributed by atoms with Crippen LogP contribution >= 0.6 is 0 Å². The van der Waals surface area contributed by atoms with Crippen molar-refractivity contribution in [3.05, 3.63) is 17.5 Å². The first-order chi connectivity index (χ1) is 6.00. The molecule has 13 heavy (non-hydrogen) atoms. The lowest BCUT2D eigenvalue weighted by molar-refractivity contribution is 0.00834. The number of anilines is 1. The molecule has 2 heterocycles. The molecule has 0 aliphatic carbocycles. The van der Waals surface area contributed by atoms with Gasteiger partial charge in [-0.05, 0) is 13.8 Å². The van der Waals surface area contributed by atoms with E-state index in [1.54, 1.807) is 13.8 Å². The van der Waals surface area contributed by atoms with E-state index < -0.39 is 5.60 Å². The van der Waals surface area contributed by atoms with Crippen LogP contribution in [0.25, 0.3) is 0 Å². The molecule has 0 fully saturated rings. The molecule has 0 bridgehead atoms. The Balaban J connectivity index is 2.66. The SMILES string of the molecule is CC1(C)OC(=O)c2cnc(N)nc21. The van der Waals surface area contributed by atoms with E-state index in [1.165, 1.54) is 6.20 Å². The van der Waals surface area contributed by atoms with Gasteiger partial charge in [-0.2, -0.15) is 0 Å². The van der Waals surface area contributed by atoms with Gasteiger partial charge in [-0.25, -0.2) is 14.8 Å². The van der Waals surface area contributed by atoms with Gasteiger partial charge in [0.25, 0.3) is 0 Å². The predicted octanol–water partition coefficient (Wildman–Crippen LogP) is 0.464. The Hall–Kier alpha value is -1.65. The molecular formula is C8H9N3O2. The molecule has 5 nitrogen and oxygen atoms in total. The summed E-state index contributed by atoms with van der Waals surface area (Å²) >= 11 is 0. The molecule has 1 aromatic rings. The van der Waals surface area contributed by atoms with Crippen LogP contribution < -0.4 is 5.73 Å². The molecule has 0 amide bonds. The highest BCUT2D eigenvalue weighted by molar-refractivity contribution is 5.93. The smallest absolute Gasteiger partial charge is 0.342 e. The molecule has 0 unspecified atom stereocenters. The average molecular weight is 179 g/mol. The molecule has 1 aromatic heterocycles. The normalized spacial score (nSPS) is 18.2. The van der Waals surface area contributed by atoms with Crippen LogP contribution in [0.1, 0.15) is 29.9 Å². The fraction of sp³-hybridized carbons (Fsp3) is 0.375. The fourth-order valence-corrected chi connectivity index (χ4v) is 1.34. The van der Waals surface area contributed by atoms with Gasteiger partial charge in [-0.15, -0.1) is 0 Å². The number of hydrogen-bond acceptors (Lipinski definition) is 5. The highest BCUT2D eigenvalue weighted by atomic mass is 16.6. The standard InChI is InChI=1S/C8H9N3O2/c1-8(2)5-4(6(12)13-8)3-10-7(9)11-5/h3H,1-2H3,(H2,9,10,11). The number of aromatic nitrogens is 2. The van der Waals surface area contributed by atoms with Crippen molar-refractivity contribution in [2.24, 2.45) is 0 Å². The van der Waals surface area contributed by atoms with Crippen LogP contribution in [-0.4, -0.2) is 15.9 Å². The van der Waals surface area contributed by atoms with Crippen molar-refractivity contribution in [1.82, 2.24) is 9.97 Å². The van der Waals surface area contributed by atoms with Crippen molar-refractivity contribution >= 4 is 11.9 Å². The van der Waals surface area contributed by atoms with Gasteiger partial charge in [0.2, 0.25) is 5.95 Å². The quantitative estimate of drug-likeness (QED) is 0.585. The summed E-state index contributed by atoms with van der Waals surface area (Å²) in [7, 11) is 0. The van der Waals surface area contributed by atoms with Crippen LogP contribution in [-0.2, 0) is 10.3 Å². The first-order valence-corrected chi connectivity index (χ1v) is 3.87. The number of cyclic esters (lactones) is 1. The second-order valence-electron chi connectivity index (χ2n) is 3.39. The van der Waals surface area contributed by atoms with Gasteiger partial charge in [0.15, 0.2) is 0 Å². The summed E-state index contributed by atoms with van der Waals surface area (Å²) in [6.45, 7) is 3.53. The van der Waals surface area contributed by atoms with E-state index in [9.17, 15) is 4.79 Å². The molecule has 0 saturated carbocycles. The first kappa shape index (κ1) is 7.97. The second-order valence-corrected chi connectivity index (χ2v) is 3.39. The third kappa shape index (κ3) is 1.04. The number of nitrogens with two attached hydrogens (primary N) is 1. The number of nitrogens with zero attached hydrogens (tertiary/aromatic N) is 2. The van der Waals surface area contributed by atoms with Crippen LogP contribution in [0.15, 0.2) is 6.20 Å². The minimum Gasteiger partial charge on any atom is -0.449 e. The second kappa shape index (κ2) is 2.18. The molecule has 0 aromatic carbocycles. The molecule has 68 valence electrons. The fourth-order valence-electron chi connectivity index (χ4n) is 1.34. The van der Waals surface area contributed by atoms with Crippen LogP contribution in [0.2, 0.25) is 0 Å². The van der Waals surface area contributed by atoms with Gasteiger partial charge in [0.05, 0.1) is 0 Å². The summed E-state index contributed by atoms with van der Waals surface area (Å²) in [5.41, 5.74) is 5.68. The summed E-state index contributed by atoms with van der Waals surface area (Å²) in [4.78, 5) is 19.0. The highest BCUT2D eigenvalue weighted by Gasteiger charge is 2.39. The van der Waals surface area contributed by atoms with Crippen molar-refractivity contribution in [2.75, 3.05) is 5.73 Å². The number of nitrogen functional groups attached to an aromatic ring is 1. The van der Waals surface area contributed by atoms with Crippen LogP contribution in [0.4, 0.5) is 5.95 Å². The van der Waals surface area contributed by atoms with Crippen molar-refractivity contribution < 1.29 is 9.53 Å². The topological polar surface area (TPSA) is 78.1 Å². The monoisotopic (exact) mass is 179 g/mol. The van der Waals surface area contributed by atoms with Gasteiger partial charge >= 0.3 is 5.97 Å². The summed E-state index contributed by atoms with van der Waals surface area (Å²) in [5.74, 6) is -0.231. The molecule has 2 N–H and O–H groups in total. The van der Waals surface area contributed by atoms with Gasteiger partial charge in [0.1, 0.15) is 16.9 Å². The third-order valence-electron chi connectivity index (χ3n) is 1.95. The number of rotatable bonds is 0. The summed E-state index contributed by atoms with van der Waals surface area (Å²) < 4.78 is 5.08. The largest absolute Gasteiger partial charge is 0.449 e. The third-order valence-corrected chi connectivity index (χ3v) is 1.95. The molecule has 1 aliphatic heterocycles. The van der Waals surface area contributed by atoms with E-state index in [0.717, 1.165) is 0 Å². The number of carbonyl (C=O) groups excluding carboxylic acids is 1. The lowest BCUT2D eigenvalue weighted by Gasteiger charge is -2.15. The predicted molar refractivity (Wildman–Crippen MR) is 44.9 cm³/mol. The van der Waals surface area contributed by atoms with Crippen molar-refractivity contribution in [1.29, 1.82) is 0 Å².